The molecular weight excluding hydrogens is 298 g/mol. The Morgan fingerprint density at radius 3 is 3.05 bits per heavy atom. The van der Waals surface area contributed by atoms with Crippen LogP contribution < -0.4 is 5.73 Å². The second-order valence-corrected chi connectivity index (χ2v) is 8.01. The minimum absolute atomic E-state index is 0.422. The second kappa shape index (κ2) is 5.80. The van der Waals surface area contributed by atoms with Crippen LogP contribution in [-0.2, 0) is 6.54 Å². The van der Waals surface area contributed by atoms with Crippen LogP contribution in [0.4, 0.5) is 0 Å². The minimum Gasteiger partial charge on any atom is -0.327 e. The summed E-state index contributed by atoms with van der Waals surface area (Å²) >= 11 is 3.49. The van der Waals surface area contributed by atoms with Crippen LogP contribution in [0.2, 0.25) is 0 Å². The fraction of sp³-hybridized carbons (Fsp3) is 0.562. The number of hydrogen-bond acceptors (Lipinski definition) is 5. The standard InChI is InChI=1S/C16H21N3S2/c17-15-3-1-2-11-6-19(8-14(11)15)7-13-10-21-16(18-13)12-4-5-20-9-12/h4-5,9-11,14-15H,1-3,6-8,17H2. The summed E-state index contributed by atoms with van der Waals surface area (Å²) in [4.78, 5) is 7.37. The fourth-order valence-electron chi connectivity index (χ4n) is 3.87. The highest BCUT2D eigenvalue weighted by molar-refractivity contribution is 7.14. The van der Waals surface area contributed by atoms with Gasteiger partial charge in [-0.25, -0.2) is 4.98 Å². The molecule has 21 heavy (non-hydrogen) atoms. The molecule has 3 unspecified atom stereocenters. The van der Waals surface area contributed by atoms with Gasteiger partial charge in [-0.3, -0.25) is 4.90 Å². The van der Waals surface area contributed by atoms with Crippen LogP contribution in [0.3, 0.4) is 0 Å². The lowest BCUT2D eigenvalue weighted by molar-refractivity contribution is 0.259. The third-order valence-electron chi connectivity index (χ3n) is 4.94. The number of thiazole rings is 1. The first-order chi connectivity index (χ1) is 10.3. The summed E-state index contributed by atoms with van der Waals surface area (Å²) in [6.45, 7) is 3.36. The number of rotatable bonds is 3. The molecule has 5 heteroatoms. The molecule has 3 heterocycles. The second-order valence-electron chi connectivity index (χ2n) is 6.37. The summed E-state index contributed by atoms with van der Waals surface area (Å²) in [5, 5.41) is 7.66. The first-order valence-corrected chi connectivity index (χ1v) is 9.57. The van der Waals surface area contributed by atoms with Gasteiger partial charge < -0.3 is 5.73 Å². The molecule has 0 bridgehead atoms. The smallest absolute Gasteiger partial charge is 0.124 e. The van der Waals surface area contributed by atoms with Crippen molar-refractivity contribution in [2.24, 2.45) is 17.6 Å². The monoisotopic (exact) mass is 319 g/mol. The summed E-state index contributed by atoms with van der Waals surface area (Å²) in [6.07, 6.45) is 3.90. The molecule has 4 rings (SSSR count). The third kappa shape index (κ3) is 2.80. The lowest BCUT2D eigenvalue weighted by Gasteiger charge is -2.29. The number of fused-ring (bicyclic) bond motifs is 1. The number of nitrogens with zero attached hydrogens (tertiary/aromatic N) is 2. The van der Waals surface area contributed by atoms with E-state index < -0.39 is 0 Å². The third-order valence-corrected chi connectivity index (χ3v) is 6.56. The quantitative estimate of drug-likeness (QED) is 0.942. The zero-order valence-corrected chi connectivity index (χ0v) is 13.7. The highest BCUT2D eigenvalue weighted by atomic mass is 32.1. The number of likely N-dealkylation sites (tertiary alicyclic amines) is 1. The SMILES string of the molecule is NC1CCCC2CN(Cc3csc(-c4ccsc4)n3)CC12. The van der Waals surface area contributed by atoms with Gasteiger partial charge in [-0.2, -0.15) is 11.3 Å². The van der Waals surface area contributed by atoms with E-state index in [1.54, 1.807) is 22.7 Å². The van der Waals surface area contributed by atoms with Crippen LogP contribution >= 0.6 is 22.7 Å². The topological polar surface area (TPSA) is 42.1 Å². The van der Waals surface area contributed by atoms with E-state index in [4.69, 9.17) is 10.7 Å². The first-order valence-electron chi connectivity index (χ1n) is 7.74. The van der Waals surface area contributed by atoms with Gasteiger partial charge in [0.15, 0.2) is 0 Å². The van der Waals surface area contributed by atoms with E-state index in [1.165, 1.54) is 37.1 Å². The Balaban J connectivity index is 1.43. The van der Waals surface area contributed by atoms with Crippen molar-refractivity contribution in [1.82, 2.24) is 9.88 Å². The molecule has 0 spiro atoms. The maximum Gasteiger partial charge on any atom is 0.124 e. The van der Waals surface area contributed by atoms with Gasteiger partial charge in [0.1, 0.15) is 5.01 Å². The highest BCUT2D eigenvalue weighted by Gasteiger charge is 2.38. The molecule has 0 amide bonds. The molecule has 1 aliphatic heterocycles. The summed E-state index contributed by atoms with van der Waals surface area (Å²) < 4.78 is 0. The van der Waals surface area contributed by atoms with Gasteiger partial charge in [-0.1, -0.05) is 6.42 Å². The van der Waals surface area contributed by atoms with Crippen molar-refractivity contribution >= 4 is 22.7 Å². The molecule has 3 atom stereocenters. The van der Waals surface area contributed by atoms with Gasteiger partial charge in [0, 0.05) is 42.0 Å². The van der Waals surface area contributed by atoms with Crippen molar-refractivity contribution in [3.63, 3.8) is 0 Å². The van der Waals surface area contributed by atoms with Gasteiger partial charge in [-0.15, -0.1) is 11.3 Å². The molecule has 2 fully saturated rings. The predicted octanol–water partition coefficient (Wildman–Crippen LogP) is 3.43. The maximum absolute atomic E-state index is 6.30. The van der Waals surface area contributed by atoms with E-state index >= 15 is 0 Å². The minimum atomic E-state index is 0.422. The lowest BCUT2D eigenvalue weighted by Crippen LogP contribution is -2.38. The van der Waals surface area contributed by atoms with Crippen molar-refractivity contribution in [3.8, 4) is 10.6 Å². The van der Waals surface area contributed by atoms with E-state index in [9.17, 15) is 0 Å². The van der Waals surface area contributed by atoms with Crippen molar-refractivity contribution in [3.05, 3.63) is 27.9 Å². The van der Waals surface area contributed by atoms with Crippen LogP contribution in [0, 0.1) is 11.8 Å². The van der Waals surface area contributed by atoms with Crippen LogP contribution in [0.25, 0.3) is 10.6 Å². The molecule has 2 aromatic heterocycles. The predicted molar refractivity (Wildman–Crippen MR) is 89.5 cm³/mol. The molecule has 2 aliphatic rings. The summed E-state index contributed by atoms with van der Waals surface area (Å²) in [6, 6.07) is 2.57. The van der Waals surface area contributed by atoms with Crippen molar-refractivity contribution in [1.29, 1.82) is 0 Å². The number of aromatic nitrogens is 1. The average molecular weight is 319 g/mol. The fourth-order valence-corrected chi connectivity index (χ4v) is 5.39. The van der Waals surface area contributed by atoms with E-state index in [0.29, 0.717) is 12.0 Å². The Morgan fingerprint density at radius 1 is 1.29 bits per heavy atom. The van der Waals surface area contributed by atoms with Gasteiger partial charge in [0.25, 0.3) is 0 Å². The molecular formula is C16H21N3S2. The van der Waals surface area contributed by atoms with Gasteiger partial charge in [0.05, 0.1) is 5.69 Å². The van der Waals surface area contributed by atoms with Crippen molar-refractivity contribution in [2.75, 3.05) is 13.1 Å². The highest BCUT2D eigenvalue weighted by Crippen LogP contribution is 2.36. The Kier molecular flexibility index (Phi) is 3.83. The largest absolute Gasteiger partial charge is 0.327 e. The molecule has 0 radical (unpaired) electrons. The first kappa shape index (κ1) is 13.9. The van der Waals surface area contributed by atoms with Crippen LogP contribution in [-0.4, -0.2) is 29.0 Å². The number of hydrogen-bond donors (Lipinski definition) is 1. The number of thiophene rings is 1. The zero-order valence-electron chi connectivity index (χ0n) is 12.1. The lowest BCUT2D eigenvalue weighted by atomic mass is 9.78. The van der Waals surface area contributed by atoms with Gasteiger partial charge in [0.2, 0.25) is 0 Å². The Morgan fingerprint density at radius 2 is 2.24 bits per heavy atom. The number of nitrogens with two attached hydrogens (primary N) is 1. The van der Waals surface area contributed by atoms with Crippen LogP contribution in [0.15, 0.2) is 22.2 Å². The van der Waals surface area contributed by atoms with Crippen LogP contribution in [0.5, 0.6) is 0 Å². The molecule has 0 aromatic carbocycles. The molecule has 112 valence electrons. The van der Waals surface area contributed by atoms with E-state index in [2.05, 4.69) is 27.1 Å². The van der Waals surface area contributed by atoms with Crippen molar-refractivity contribution < 1.29 is 0 Å². The van der Waals surface area contributed by atoms with E-state index in [1.807, 2.05) is 0 Å². The Labute approximate surface area is 133 Å². The maximum atomic E-state index is 6.30. The molecule has 1 aliphatic carbocycles. The van der Waals surface area contributed by atoms with Gasteiger partial charge >= 0.3 is 0 Å². The summed E-state index contributed by atoms with van der Waals surface area (Å²) in [7, 11) is 0. The molecule has 2 N–H and O–H groups in total. The van der Waals surface area contributed by atoms with Crippen LogP contribution in [0.1, 0.15) is 25.0 Å². The summed E-state index contributed by atoms with van der Waals surface area (Å²) in [5.41, 5.74) is 8.78. The Bertz CT molecular complexity index is 592. The normalized spacial score (nSPS) is 29.7. The average Bonchev–Trinajstić information content (AvgIpc) is 3.18. The zero-order chi connectivity index (χ0) is 14.2. The van der Waals surface area contributed by atoms with E-state index in [0.717, 1.165) is 24.0 Å². The van der Waals surface area contributed by atoms with E-state index in [-0.39, 0.29) is 0 Å². The molecule has 2 aromatic rings. The van der Waals surface area contributed by atoms with Gasteiger partial charge in [-0.05, 0) is 36.1 Å². The van der Waals surface area contributed by atoms with Crippen molar-refractivity contribution in [2.45, 2.75) is 31.8 Å². The molecule has 1 saturated heterocycles. The summed E-state index contributed by atoms with van der Waals surface area (Å²) in [5.74, 6) is 1.54. The Hall–Kier alpha value is -0.750. The molecule has 3 nitrogen and oxygen atoms in total. The molecule has 1 saturated carbocycles.